The zero-order valence-electron chi connectivity index (χ0n) is 14.6. The van der Waals surface area contributed by atoms with Crippen LogP contribution in [0.3, 0.4) is 0 Å². The lowest BCUT2D eigenvalue weighted by Crippen LogP contribution is -2.60. The summed E-state index contributed by atoms with van der Waals surface area (Å²) in [4.78, 5) is 5.34. The van der Waals surface area contributed by atoms with Gasteiger partial charge in [-0.3, -0.25) is 9.80 Å². The van der Waals surface area contributed by atoms with Crippen LogP contribution in [0.4, 0.5) is 0 Å². The summed E-state index contributed by atoms with van der Waals surface area (Å²) in [5, 5.41) is 13.4. The summed E-state index contributed by atoms with van der Waals surface area (Å²) in [6.45, 7) is 15.0. The van der Waals surface area contributed by atoms with Gasteiger partial charge < -0.3 is 10.4 Å². The van der Waals surface area contributed by atoms with E-state index in [1.807, 2.05) is 0 Å². The van der Waals surface area contributed by atoms with Crippen molar-refractivity contribution in [3.05, 3.63) is 0 Å². The predicted octanol–water partition coefficient (Wildman–Crippen LogP) is 1.68. The van der Waals surface area contributed by atoms with Crippen molar-refractivity contribution in [1.82, 2.24) is 15.1 Å². The normalized spacial score (nSPS) is 32.1. The first kappa shape index (κ1) is 17.2. The summed E-state index contributed by atoms with van der Waals surface area (Å²) in [5.74, 6) is 0. The van der Waals surface area contributed by atoms with Crippen molar-refractivity contribution in [2.45, 2.75) is 83.6 Å². The van der Waals surface area contributed by atoms with Gasteiger partial charge in [0.2, 0.25) is 0 Å². The second-order valence-corrected chi connectivity index (χ2v) is 7.91. The van der Waals surface area contributed by atoms with Crippen molar-refractivity contribution in [2.75, 3.05) is 26.2 Å². The first-order valence-electron chi connectivity index (χ1n) is 8.73. The molecule has 0 amide bonds. The van der Waals surface area contributed by atoms with Crippen molar-refractivity contribution in [2.24, 2.45) is 0 Å². The molecule has 21 heavy (non-hydrogen) atoms. The van der Waals surface area contributed by atoms with E-state index in [1.54, 1.807) is 0 Å². The van der Waals surface area contributed by atoms with Gasteiger partial charge in [-0.25, -0.2) is 0 Å². The summed E-state index contributed by atoms with van der Waals surface area (Å²) >= 11 is 0. The Hall–Kier alpha value is -0.160. The maximum absolute atomic E-state index is 9.81. The number of rotatable bonds is 6. The number of hydrogen-bond acceptors (Lipinski definition) is 4. The molecule has 2 saturated heterocycles. The molecule has 0 aromatic carbocycles. The Bertz CT molecular complexity index is 336. The monoisotopic (exact) mass is 297 g/mol. The molecule has 0 aromatic rings. The maximum Gasteiger partial charge on any atom is 0.0611 e. The largest absolute Gasteiger partial charge is 0.394 e. The van der Waals surface area contributed by atoms with Crippen molar-refractivity contribution < 1.29 is 5.11 Å². The van der Waals surface area contributed by atoms with Gasteiger partial charge in [0.25, 0.3) is 0 Å². The fourth-order valence-electron chi connectivity index (χ4n) is 4.46. The molecule has 124 valence electrons. The minimum atomic E-state index is -0.180. The Morgan fingerprint density at radius 3 is 2.62 bits per heavy atom. The number of nitrogens with one attached hydrogen (secondary N) is 1. The molecule has 4 atom stereocenters. The molecule has 4 unspecified atom stereocenters. The standard InChI is InChI=1S/C17H35N3O/c1-13(2)18-17(5,12-21)9-14(3)20-11-16-7-6-8-19(16)10-15(20)4/h13-16,18,21H,6-12H2,1-5H3. The highest BCUT2D eigenvalue weighted by Crippen LogP contribution is 2.28. The SMILES string of the molecule is CC(C)NC(C)(CO)CC(C)N1CC2CCCN2CC1C. The molecule has 2 aliphatic rings. The van der Waals surface area contributed by atoms with E-state index in [0.29, 0.717) is 18.1 Å². The molecular formula is C17H35N3O. The van der Waals surface area contributed by atoms with Crippen molar-refractivity contribution in [1.29, 1.82) is 0 Å². The number of piperazine rings is 1. The zero-order valence-corrected chi connectivity index (χ0v) is 14.6. The van der Waals surface area contributed by atoms with Gasteiger partial charge in [-0.05, 0) is 46.6 Å². The van der Waals surface area contributed by atoms with Gasteiger partial charge in [0, 0.05) is 42.8 Å². The molecule has 0 aromatic heterocycles. The quantitative estimate of drug-likeness (QED) is 0.782. The lowest BCUT2D eigenvalue weighted by molar-refractivity contribution is 0.0160. The van der Waals surface area contributed by atoms with E-state index in [4.69, 9.17) is 0 Å². The van der Waals surface area contributed by atoms with Crippen LogP contribution in [-0.2, 0) is 0 Å². The van der Waals surface area contributed by atoms with E-state index in [2.05, 4.69) is 49.7 Å². The summed E-state index contributed by atoms with van der Waals surface area (Å²) in [7, 11) is 0. The Labute approximate surface area is 130 Å². The van der Waals surface area contributed by atoms with Gasteiger partial charge in [-0.2, -0.15) is 0 Å². The van der Waals surface area contributed by atoms with Gasteiger partial charge >= 0.3 is 0 Å². The average Bonchev–Trinajstić information content (AvgIpc) is 2.83. The molecule has 2 aliphatic heterocycles. The van der Waals surface area contributed by atoms with E-state index >= 15 is 0 Å². The summed E-state index contributed by atoms with van der Waals surface area (Å²) < 4.78 is 0. The molecule has 0 spiro atoms. The molecule has 2 rings (SSSR count). The number of aliphatic hydroxyl groups excluding tert-OH is 1. The van der Waals surface area contributed by atoms with Crippen molar-refractivity contribution in [3.8, 4) is 0 Å². The van der Waals surface area contributed by atoms with E-state index in [9.17, 15) is 5.11 Å². The second kappa shape index (κ2) is 6.95. The van der Waals surface area contributed by atoms with E-state index < -0.39 is 0 Å². The lowest BCUT2D eigenvalue weighted by Gasteiger charge is -2.47. The predicted molar refractivity (Wildman–Crippen MR) is 88.6 cm³/mol. The summed E-state index contributed by atoms with van der Waals surface area (Å²) in [5.41, 5.74) is -0.180. The third kappa shape index (κ3) is 4.19. The maximum atomic E-state index is 9.81. The fraction of sp³-hybridized carbons (Fsp3) is 1.00. The molecule has 2 heterocycles. The van der Waals surface area contributed by atoms with Crippen LogP contribution in [-0.4, -0.2) is 70.9 Å². The van der Waals surface area contributed by atoms with Gasteiger partial charge in [0.1, 0.15) is 0 Å². The Morgan fingerprint density at radius 1 is 1.29 bits per heavy atom. The van der Waals surface area contributed by atoms with Crippen LogP contribution < -0.4 is 5.32 Å². The first-order chi connectivity index (χ1) is 9.84. The molecule has 4 nitrogen and oxygen atoms in total. The third-order valence-electron chi connectivity index (χ3n) is 5.28. The molecule has 0 radical (unpaired) electrons. The molecule has 4 heteroatoms. The number of fused-ring (bicyclic) bond motifs is 1. The van der Waals surface area contributed by atoms with Crippen molar-refractivity contribution >= 4 is 0 Å². The first-order valence-corrected chi connectivity index (χ1v) is 8.73. The van der Waals surface area contributed by atoms with Crippen LogP contribution in [0.25, 0.3) is 0 Å². The van der Waals surface area contributed by atoms with Crippen LogP contribution in [0.15, 0.2) is 0 Å². The molecule has 0 aliphatic carbocycles. The minimum Gasteiger partial charge on any atom is -0.394 e. The molecular weight excluding hydrogens is 262 g/mol. The molecule has 2 N–H and O–H groups in total. The second-order valence-electron chi connectivity index (χ2n) is 7.91. The Balaban J connectivity index is 1.96. The van der Waals surface area contributed by atoms with Crippen LogP contribution in [0.1, 0.15) is 53.9 Å². The van der Waals surface area contributed by atoms with Crippen LogP contribution in [0.5, 0.6) is 0 Å². The van der Waals surface area contributed by atoms with Crippen LogP contribution in [0, 0.1) is 0 Å². The van der Waals surface area contributed by atoms with Gasteiger partial charge in [0.05, 0.1) is 6.61 Å². The highest BCUT2D eigenvalue weighted by atomic mass is 16.3. The van der Waals surface area contributed by atoms with Gasteiger partial charge in [0.15, 0.2) is 0 Å². The number of aliphatic hydroxyl groups is 1. The summed E-state index contributed by atoms with van der Waals surface area (Å²) in [6.07, 6.45) is 3.72. The molecule has 0 bridgehead atoms. The molecule has 2 fully saturated rings. The highest BCUT2D eigenvalue weighted by Gasteiger charge is 2.38. The van der Waals surface area contributed by atoms with Crippen LogP contribution >= 0.6 is 0 Å². The van der Waals surface area contributed by atoms with E-state index in [1.165, 1.54) is 32.5 Å². The smallest absolute Gasteiger partial charge is 0.0611 e. The third-order valence-corrected chi connectivity index (χ3v) is 5.28. The lowest BCUT2D eigenvalue weighted by atomic mass is 9.91. The van der Waals surface area contributed by atoms with Crippen LogP contribution in [0.2, 0.25) is 0 Å². The topological polar surface area (TPSA) is 38.7 Å². The van der Waals surface area contributed by atoms with Crippen molar-refractivity contribution in [3.63, 3.8) is 0 Å². The van der Waals surface area contributed by atoms with E-state index in [-0.39, 0.29) is 12.1 Å². The molecule has 0 saturated carbocycles. The van der Waals surface area contributed by atoms with Gasteiger partial charge in [-0.1, -0.05) is 13.8 Å². The van der Waals surface area contributed by atoms with E-state index in [0.717, 1.165) is 12.5 Å². The summed E-state index contributed by atoms with van der Waals surface area (Å²) in [6, 6.07) is 2.29. The Morgan fingerprint density at radius 2 is 2.00 bits per heavy atom. The minimum absolute atomic E-state index is 0.180. The highest BCUT2D eigenvalue weighted by molar-refractivity contribution is 4.95. The number of hydrogen-bond donors (Lipinski definition) is 2. The average molecular weight is 297 g/mol. The zero-order chi connectivity index (χ0) is 15.6. The number of nitrogens with zero attached hydrogens (tertiary/aromatic N) is 2. The fourth-order valence-corrected chi connectivity index (χ4v) is 4.46. The Kier molecular flexibility index (Phi) is 5.69. The van der Waals surface area contributed by atoms with Gasteiger partial charge in [-0.15, -0.1) is 0 Å².